The average molecular weight is 622 g/mol. The number of halogens is 2. The Hall–Kier alpha value is -4.21. The molecule has 0 bridgehead atoms. The van der Waals surface area contributed by atoms with Crippen molar-refractivity contribution in [2.45, 2.75) is 37.8 Å². The fourth-order valence-electron chi connectivity index (χ4n) is 4.73. The van der Waals surface area contributed by atoms with Gasteiger partial charge in [-0.3, -0.25) is 13.9 Å². The van der Waals surface area contributed by atoms with Gasteiger partial charge in [0.2, 0.25) is 11.8 Å². The van der Waals surface area contributed by atoms with Crippen molar-refractivity contribution in [1.29, 1.82) is 0 Å². The number of benzene rings is 4. The minimum Gasteiger partial charge on any atom is -0.355 e. The zero-order valence-corrected chi connectivity index (χ0v) is 25.5. The summed E-state index contributed by atoms with van der Waals surface area (Å²) in [5.74, 6) is -1.45. The molecule has 2 amide bonds. The zero-order chi connectivity index (χ0) is 31.0. The summed E-state index contributed by atoms with van der Waals surface area (Å²) >= 11 is 6.39. The van der Waals surface area contributed by atoms with Crippen LogP contribution in [-0.4, -0.2) is 44.3 Å². The highest BCUT2D eigenvalue weighted by atomic mass is 35.5. The molecule has 0 unspecified atom stereocenters. The van der Waals surface area contributed by atoms with E-state index in [-0.39, 0.29) is 23.5 Å². The van der Waals surface area contributed by atoms with Gasteiger partial charge in [-0.1, -0.05) is 78.3 Å². The third-order valence-electron chi connectivity index (χ3n) is 7.01. The summed E-state index contributed by atoms with van der Waals surface area (Å²) in [6.45, 7) is 3.13. The summed E-state index contributed by atoms with van der Waals surface area (Å²) in [6.07, 6.45) is 0.182. The standard InChI is InChI=1S/C33H33ClFN3O4S/c1-3-36-33(40)31(21-25-11-6-4-7-12-25)37(22-26-17-19-27(35)20-18-26)32(39)23-38(30-16-10-15-29(34)24(30)2)43(41,42)28-13-8-5-9-14-28/h4-20,31H,3,21-23H2,1-2H3,(H,36,40)/t31-/m0/s1. The number of amides is 2. The number of likely N-dealkylation sites (N-methyl/N-ethyl adjacent to an activating group) is 1. The second-order valence-corrected chi connectivity index (χ2v) is 12.2. The normalized spacial score (nSPS) is 11.9. The Morgan fingerprint density at radius 3 is 2.12 bits per heavy atom. The van der Waals surface area contributed by atoms with E-state index in [1.54, 1.807) is 50.2 Å². The van der Waals surface area contributed by atoms with E-state index in [0.29, 0.717) is 22.7 Å². The van der Waals surface area contributed by atoms with Gasteiger partial charge in [-0.2, -0.15) is 0 Å². The summed E-state index contributed by atoms with van der Waals surface area (Å²) in [6, 6.07) is 26.5. The van der Waals surface area contributed by atoms with Crippen LogP contribution in [0.4, 0.5) is 10.1 Å². The predicted octanol–water partition coefficient (Wildman–Crippen LogP) is 5.76. The van der Waals surface area contributed by atoms with E-state index in [1.165, 1.54) is 41.3 Å². The first-order valence-electron chi connectivity index (χ1n) is 13.8. The van der Waals surface area contributed by atoms with E-state index in [2.05, 4.69) is 5.32 Å². The SMILES string of the molecule is CCNC(=O)[C@H](Cc1ccccc1)N(Cc1ccc(F)cc1)C(=O)CN(c1cccc(Cl)c1C)S(=O)(=O)c1ccccc1. The summed E-state index contributed by atoms with van der Waals surface area (Å²) < 4.78 is 42.9. The molecule has 7 nitrogen and oxygen atoms in total. The molecule has 0 spiro atoms. The molecule has 43 heavy (non-hydrogen) atoms. The Morgan fingerprint density at radius 1 is 0.860 bits per heavy atom. The lowest BCUT2D eigenvalue weighted by atomic mass is 10.0. The molecule has 0 heterocycles. The number of hydrogen-bond acceptors (Lipinski definition) is 4. The number of carbonyl (C=O) groups excluding carboxylic acids is 2. The lowest BCUT2D eigenvalue weighted by Crippen LogP contribution is -2.53. The molecule has 0 aromatic heterocycles. The highest BCUT2D eigenvalue weighted by molar-refractivity contribution is 7.92. The molecule has 1 atom stereocenters. The second-order valence-electron chi connectivity index (χ2n) is 9.96. The molecule has 0 aliphatic heterocycles. The van der Waals surface area contributed by atoms with Crippen LogP contribution in [0.1, 0.15) is 23.6 Å². The van der Waals surface area contributed by atoms with Crippen molar-refractivity contribution >= 4 is 39.1 Å². The smallest absolute Gasteiger partial charge is 0.264 e. The number of anilines is 1. The molecule has 0 aliphatic rings. The fraction of sp³-hybridized carbons (Fsp3) is 0.212. The van der Waals surface area contributed by atoms with Crippen LogP contribution >= 0.6 is 11.6 Å². The van der Waals surface area contributed by atoms with Crippen LogP contribution in [0, 0.1) is 12.7 Å². The molecule has 4 aromatic carbocycles. The highest BCUT2D eigenvalue weighted by Crippen LogP contribution is 2.31. The van der Waals surface area contributed by atoms with Gasteiger partial charge in [0.05, 0.1) is 10.6 Å². The fourth-order valence-corrected chi connectivity index (χ4v) is 6.39. The number of hydrogen-bond donors (Lipinski definition) is 1. The molecule has 4 rings (SSSR count). The van der Waals surface area contributed by atoms with E-state index >= 15 is 0 Å². The maximum absolute atomic E-state index is 14.3. The third kappa shape index (κ3) is 7.80. The maximum atomic E-state index is 14.3. The second kappa shape index (κ2) is 14.3. The quantitative estimate of drug-likeness (QED) is 0.218. The first-order valence-corrected chi connectivity index (χ1v) is 15.6. The van der Waals surface area contributed by atoms with Gasteiger partial charge in [-0.15, -0.1) is 0 Å². The van der Waals surface area contributed by atoms with Crippen LogP contribution < -0.4 is 9.62 Å². The maximum Gasteiger partial charge on any atom is 0.264 e. The summed E-state index contributed by atoms with van der Waals surface area (Å²) in [7, 11) is -4.24. The molecule has 10 heteroatoms. The molecular weight excluding hydrogens is 589 g/mol. The Bertz CT molecular complexity index is 1650. The highest BCUT2D eigenvalue weighted by Gasteiger charge is 2.35. The molecule has 1 N–H and O–H groups in total. The molecule has 0 saturated carbocycles. The van der Waals surface area contributed by atoms with Gasteiger partial charge in [0.25, 0.3) is 10.0 Å². The summed E-state index contributed by atoms with van der Waals surface area (Å²) in [5.41, 5.74) is 2.11. The van der Waals surface area contributed by atoms with Crippen LogP contribution in [0.3, 0.4) is 0 Å². The molecule has 0 saturated heterocycles. The Labute approximate surface area is 257 Å². The number of sulfonamides is 1. The zero-order valence-electron chi connectivity index (χ0n) is 23.9. The molecule has 0 aliphatic carbocycles. The molecule has 0 radical (unpaired) electrons. The first kappa shape index (κ1) is 31.7. The third-order valence-corrected chi connectivity index (χ3v) is 9.19. The van der Waals surface area contributed by atoms with Gasteiger partial charge in [0.15, 0.2) is 0 Å². The van der Waals surface area contributed by atoms with Crippen LogP contribution in [0.5, 0.6) is 0 Å². The topological polar surface area (TPSA) is 86.8 Å². The van der Waals surface area contributed by atoms with E-state index in [4.69, 9.17) is 11.6 Å². The average Bonchev–Trinajstić information content (AvgIpc) is 3.01. The summed E-state index contributed by atoms with van der Waals surface area (Å²) in [5, 5.41) is 3.15. The van der Waals surface area contributed by atoms with E-state index in [1.807, 2.05) is 30.3 Å². The van der Waals surface area contributed by atoms with Crippen LogP contribution in [-0.2, 0) is 32.6 Å². The van der Waals surface area contributed by atoms with Gasteiger partial charge >= 0.3 is 0 Å². The minimum absolute atomic E-state index is 0.00294. The van der Waals surface area contributed by atoms with Crippen molar-refractivity contribution < 1.29 is 22.4 Å². The van der Waals surface area contributed by atoms with Crippen LogP contribution in [0.2, 0.25) is 5.02 Å². The summed E-state index contributed by atoms with van der Waals surface area (Å²) in [4.78, 5) is 29.2. The Morgan fingerprint density at radius 2 is 1.49 bits per heavy atom. The van der Waals surface area contributed by atoms with Gasteiger partial charge in [-0.05, 0) is 66.9 Å². The lowest BCUT2D eigenvalue weighted by molar-refractivity contribution is -0.140. The van der Waals surface area contributed by atoms with Crippen LogP contribution in [0.25, 0.3) is 0 Å². The van der Waals surface area contributed by atoms with E-state index < -0.39 is 40.2 Å². The van der Waals surface area contributed by atoms with Crippen molar-refractivity contribution in [3.8, 4) is 0 Å². The van der Waals surface area contributed by atoms with Gasteiger partial charge in [-0.25, -0.2) is 12.8 Å². The van der Waals surface area contributed by atoms with Gasteiger partial charge < -0.3 is 10.2 Å². The molecular formula is C33H33ClFN3O4S. The first-order chi connectivity index (χ1) is 20.6. The van der Waals surface area contributed by atoms with Crippen molar-refractivity contribution in [3.05, 3.63) is 131 Å². The van der Waals surface area contributed by atoms with Gasteiger partial charge in [0, 0.05) is 24.5 Å². The largest absolute Gasteiger partial charge is 0.355 e. The van der Waals surface area contributed by atoms with Crippen molar-refractivity contribution in [1.82, 2.24) is 10.2 Å². The lowest BCUT2D eigenvalue weighted by Gasteiger charge is -2.34. The number of nitrogens with one attached hydrogen (secondary N) is 1. The van der Waals surface area contributed by atoms with Gasteiger partial charge in [0.1, 0.15) is 18.4 Å². The van der Waals surface area contributed by atoms with E-state index in [0.717, 1.165) is 9.87 Å². The van der Waals surface area contributed by atoms with Crippen molar-refractivity contribution in [2.75, 3.05) is 17.4 Å². The molecule has 224 valence electrons. The predicted molar refractivity (Wildman–Crippen MR) is 167 cm³/mol. The van der Waals surface area contributed by atoms with Crippen molar-refractivity contribution in [2.24, 2.45) is 0 Å². The monoisotopic (exact) mass is 621 g/mol. The number of nitrogens with zero attached hydrogens (tertiary/aromatic N) is 2. The van der Waals surface area contributed by atoms with Crippen molar-refractivity contribution in [3.63, 3.8) is 0 Å². The minimum atomic E-state index is -4.24. The Kier molecular flexibility index (Phi) is 10.6. The molecule has 4 aromatic rings. The molecule has 0 fully saturated rings. The number of rotatable bonds is 12. The van der Waals surface area contributed by atoms with E-state index in [9.17, 15) is 22.4 Å². The Balaban J connectivity index is 1.81. The number of carbonyl (C=O) groups is 2. The van der Waals surface area contributed by atoms with Crippen LogP contribution in [0.15, 0.2) is 108 Å².